The van der Waals surface area contributed by atoms with Crippen molar-refractivity contribution in [2.45, 2.75) is 36.8 Å². The van der Waals surface area contributed by atoms with Gasteiger partial charge in [0.25, 0.3) is 0 Å². The fourth-order valence-corrected chi connectivity index (χ4v) is 5.17. The monoisotopic (exact) mass is 428 g/mol. The van der Waals surface area contributed by atoms with Gasteiger partial charge in [-0.15, -0.1) is 0 Å². The Morgan fingerprint density at radius 2 is 1.59 bits per heavy atom. The second-order valence-electron chi connectivity index (χ2n) is 9.07. The molecule has 0 atom stereocenters. The Morgan fingerprint density at radius 3 is 2.22 bits per heavy atom. The van der Waals surface area contributed by atoms with Gasteiger partial charge in [-0.1, -0.05) is 36.4 Å². The number of rotatable bonds is 4. The summed E-state index contributed by atoms with van der Waals surface area (Å²) in [5.41, 5.74) is 2.56. The van der Waals surface area contributed by atoms with Crippen LogP contribution < -0.4 is 10.2 Å². The first-order valence-corrected chi connectivity index (χ1v) is 11.1. The van der Waals surface area contributed by atoms with Gasteiger partial charge in [-0.05, 0) is 57.5 Å². The standard InChI is InChI=1S/C25H28N6O/c1-30(2)25(19-8-4-3-5-9-19)13-11-24(12-14-25)18-31(23(32)29-24)20-16-27-22(28-17-20)21-10-6-7-15-26-21/h3-10,15-17H,11-14,18H2,1-2H3,(H,29,32)/t24-,25+. The number of hydrogen-bond acceptors (Lipinski definition) is 5. The first-order chi connectivity index (χ1) is 15.5. The molecule has 1 saturated heterocycles. The molecule has 3 aromatic rings. The Kier molecular flexibility index (Phi) is 5.13. The molecule has 1 aromatic carbocycles. The molecule has 7 heteroatoms. The summed E-state index contributed by atoms with van der Waals surface area (Å²) in [7, 11) is 4.32. The van der Waals surface area contributed by atoms with E-state index in [2.05, 4.69) is 69.6 Å². The molecule has 1 saturated carbocycles. The highest BCUT2D eigenvalue weighted by molar-refractivity contribution is 5.95. The molecule has 2 aromatic heterocycles. The number of aromatic nitrogens is 3. The number of benzene rings is 1. The molecule has 2 fully saturated rings. The second kappa shape index (κ2) is 7.98. The molecule has 3 heterocycles. The van der Waals surface area contributed by atoms with Crippen LogP contribution in [0, 0.1) is 0 Å². The van der Waals surface area contributed by atoms with Gasteiger partial charge >= 0.3 is 6.03 Å². The van der Waals surface area contributed by atoms with Gasteiger partial charge in [0.15, 0.2) is 5.82 Å². The number of anilines is 1. The van der Waals surface area contributed by atoms with Crippen LogP contribution in [-0.4, -0.2) is 52.1 Å². The van der Waals surface area contributed by atoms with Crippen LogP contribution in [0.25, 0.3) is 11.5 Å². The Morgan fingerprint density at radius 1 is 0.906 bits per heavy atom. The van der Waals surface area contributed by atoms with Crippen LogP contribution in [0.1, 0.15) is 31.2 Å². The lowest BCUT2D eigenvalue weighted by Crippen LogP contribution is -2.54. The molecule has 1 N–H and O–H groups in total. The fourth-order valence-electron chi connectivity index (χ4n) is 5.17. The Bertz CT molecular complexity index is 1080. The van der Waals surface area contributed by atoms with Crippen LogP contribution in [0.15, 0.2) is 67.1 Å². The van der Waals surface area contributed by atoms with E-state index >= 15 is 0 Å². The first-order valence-electron chi connectivity index (χ1n) is 11.1. The molecule has 2 amide bonds. The third kappa shape index (κ3) is 3.52. The predicted octanol–water partition coefficient (Wildman–Crippen LogP) is 3.84. The van der Waals surface area contributed by atoms with E-state index in [0.717, 1.165) is 31.4 Å². The SMILES string of the molecule is CN(C)[C@]1(c2ccccc2)CC[C@]2(CC1)CN(c1cnc(-c3ccccn3)nc1)C(=O)N2. The smallest absolute Gasteiger partial charge is 0.322 e. The second-order valence-corrected chi connectivity index (χ2v) is 9.07. The average molecular weight is 429 g/mol. The van der Waals surface area contributed by atoms with E-state index in [9.17, 15) is 4.79 Å². The summed E-state index contributed by atoms with van der Waals surface area (Å²) >= 11 is 0. The summed E-state index contributed by atoms with van der Waals surface area (Å²) in [6.07, 6.45) is 8.99. The zero-order valence-corrected chi connectivity index (χ0v) is 18.5. The van der Waals surface area contributed by atoms with Gasteiger partial charge in [-0.25, -0.2) is 14.8 Å². The van der Waals surface area contributed by atoms with Gasteiger partial charge in [-0.2, -0.15) is 0 Å². The maximum absolute atomic E-state index is 12.9. The lowest BCUT2D eigenvalue weighted by Gasteiger charge is -2.48. The number of urea groups is 1. The van der Waals surface area contributed by atoms with E-state index in [1.165, 1.54) is 5.56 Å². The van der Waals surface area contributed by atoms with Gasteiger partial charge in [0.2, 0.25) is 0 Å². The molecule has 32 heavy (non-hydrogen) atoms. The van der Waals surface area contributed by atoms with Crippen LogP contribution in [0.4, 0.5) is 10.5 Å². The van der Waals surface area contributed by atoms with Gasteiger partial charge in [0.05, 0.1) is 30.2 Å². The Labute approximate surface area is 188 Å². The molecule has 2 aliphatic rings. The minimum absolute atomic E-state index is 0.00188. The highest BCUT2D eigenvalue weighted by atomic mass is 16.2. The average Bonchev–Trinajstić information content (AvgIpc) is 3.16. The van der Waals surface area contributed by atoms with Gasteiger partial charge in [0.1, 0.15) is 5.69 Å². The Hall–Kier alpha value is -3.32. The van der Waals surface area contributed by atoms with Crippen molar-refractivity contribution in [3.05, 3.63) is 72.7 Å². The third-order valence-corrected chi connectivity index (χ3v) is 7.12. The fraction of sp³-hybridized carbons (Fsp3) is 0.360. The number of carbonyl (C=O) groups is 1. The van der Waals surface area contributed by atoms with E-state index in [0.29, 0.717) is 18.1 Å². The lowest BCUT2D eigenvalue weighted by molar-refractivity contribution is 0.0658. The van der Waals surface area contributed by atoms with Crippen LogP contribution in [-0.2, 0) is 5.54 Å². The number of hydrogen-bond donors (Lipinski definition) is 1. The molecule has 0 bridgehead atoms. The maximum Gasteiger partial charge on any atom is 0.322 e. The van der Waals surface area contributed by atoms with E-state index in [4.69, 9.17) is 0 Å². The summed E-state index contributed by atoms with van der Waals surface area (Å²) in [4.78, 5) is 30.2. The normalized spacial score (nSPS) is 25.3. The number of pyridine rings is 1. The van der Waals surface area contributed by atoms with Crippen molar-refractivity contribution in [2.24, 2.45) is 0 Å². The zero-order chi connectivity index (χ0) is 22.2. The predicted molar refractivity (Wildman–Crippen MR) is 124 cm³/mol. The molecule has 0 radical (unpaired) electrons. The van der Waals surface area contributed by atoms with Crippen LogP contribution >= 0.6 is 0 Å². The van der Waals surface area contributed by atoms with Gasteiger partial charge in [0, 0.05) is 11.7 Å². The van der Waals surface area contributed by atoms with Crippen molar-refractivity contribution < 1.29 is 4.79 Å². The molecular formula is C25H28N6O. The molecule has 164 valence electrons. The molecule has 5 rings (SSSR count). The summed E-state index contributed by atoms with van der Waals surface area (Å²) in [6, 6.07) is 16.3. The summed E-state index contributed by atoms with van der Waals surface area (Å²) in [6.45, 7) is 0.635. The van der Waals surface area contributed by atoms with Crippen molar-refractivity contribution in [2.75, 3.05) is 25.5 Å². The number of carbonyl (C=O) groups excluding carboxylic acids is 1. The largest absolute Gasteiger partial charge is 0.330 e. The van der Waals surface area contributed by atoms with Crippen molar-refractivity contribution in [3.63, 3.8) is 0 Å². The minimum atomic E-state index is -0.217. The van der Waals surface area contributed by atoms with Gasteiger partial charge < -0.3 is 5.32 Å². The van der Waals surface area contributed by atoms with Crippen LogP contribution in [0.2, 0.25) is 0 Å². The molecule has 1 aliphatic carbocycles. The molecular weight excluding hydrogens is 400 g/mol. The van der Waals surface area contributed by atoms with Crippen molar-refractivity contribution in [1.82, 2.24) is 25.2 Å². The van der Waals surface area contributed by atoms with E-state index in [1.54, 1.807) is 23.5 Å². The third-order valence-electron chi connectivity index (χ3n) is 7.12. The Balaban J connectivity index is 1.33. The molecule has 1 spiro atoms. The lowest BCUT2D eigenvalue weighted by atomic mass is 9.69. The molecule has 0 unspecified atom stereocenters. The van der Waals surface area contributed by atoms with Crippen LogP contribution in [0.3, 0.4) is 0 Å². The maximum atomic E-state index is 12.9. The number of nitrogens with zero attached hydrogens (tertiary/aromatic N) is 5. The number of nitrogens with one attached hydrogen (secondary N) is 1. The van der Waals surface area contributed by atoms with E-state index in [1.807, 2.05) is 18.2 Å². The van der Waals surface area contributed by atoms with E-state index < -0.39 is 0 Å². The highest BCUT2D eigenvalue weighted by Gasteiger charge is 2.50. The first kappa shape index (κ1) is 20.6. The summed E-state index contributed by atoms with van der Waals surface area (Å²) in [5, 5.41) is 3.29. The molecule has 7 nitrogen and oxygen atoms in total. The highest BCUT2D eigenvalue weighted by Crippen LogP contribution is 2.46. The summed E-state index contributed by atoms with van der Waals surface area (Å²) < 4.78 is 0. The van der Waals surface area contributed by atoms with Crippen molar-refractivity contribution in [3.8, 4) is 11.5 Å². The van der Waals surface area contributed by atoms with Crippen molar-refractivity contribution in [1.29, 1.82) is 0 Å². The minimum Gasteiger partial charge on any atom is -0.330 e. The van der Waals surface area contributed by atoms with Crippen molar-refractivity contribution >= 4 is 11.7 Å². The van der Waals surface area contributed by atoms with E-state index in [-0.39, 0.29) is 17.1 Å². The van der Waals surface area contributed by atoms with Crippen LogP contribution in [0.5, 0.6) is 0 Å². The quantitative estimate of drug-likeness (QED) is 0.684. The molecule has 1 aliphatic heterocycles. The zero-order valence-electron chi connectivity index (χ0n) is 18.5. The van der Waals surface area contributed by atoms with Gasteiger partial charge in [-0.3, -0.25) is 14.8 Å². The topological polar surface area (TPSA) is 74.2 Å². The number of amides is 2. The summed E-state index contributed by atoms with van der Waals surface area (Å²) in [5.74, 6) is 0.556.